The zero-order valence-corrected chi connectivity index (χ0v) is 11.5. The molecule has 0 aliphatic rings. The number of thioether (sulfide) groups is 1. The first-order chi connectivity index (χ1) is 9.47. The van der Waals surface area contributed by atoms with Crippen molar-refractivity contribution in [2.24, 2.45) is 0 Å². The van der Waals surface area contributed by atoms with Crippen molar-refractivity contribution < 1.29 is 13.2 Å². The van der Waals surface area contributed by atoms with E-state index in [1.165, 1.54) is 23.9 Å². The lowest BCUT2D eigenvalue weighted by Crippen LogP contribution is -2.04. The summed E-state index contributed by atoms with van der Waals surface area (Å²) in [5.74, 6) is 0.751. The van der Waals surface area contributed by atoms with Crippen LogP contribution in [0.25, 0.3) is 4.91 Å². The van der Waals surface area contributed by atoms with Crippen molar-refractivity contribution in [3.63, 3.8) is 0 Å². The monoisotopic (exact) mass is 294 g/mol. The lowest BCUT2D eigenvalue weighted by atomic mass is 10.1. The van der Waals surface area contributed by atoms with Gasteiger partial charge in [-0.15, -0.1) is 11.8 Å². The summed E-state index contributed by atoms with van der Waals surface area (Å²) < 4.78 is 37.4. The Labute approximate surface area is 120 Å². The van der Waals surface area contributed by atoms with Gasteiger partial charge in [0.15, 0.2) is 0 Å². The molecule has 0 spiro atoms. The maximum absolute atomic E-state index is 12.5. The number of alkyl halides is 3. The topological polar surface area (TPSA) is 0 Å². The molecule has 20 heavy (non-hydrogen) atoms. The van der Waals surface area contributed by atoms with Crippen LogP contribution in [0.1, 0.15) is 16.7 Å². The van der Waals surface area contributed by atoms with Gasteiger partial charge in [0.25, 0.3) is 0 Å². The van der Waals surface area contributed by atoms with Gasteiger partial charge in [0, 0.05) is 10.7 Å². The molecule has 0 aliphatic carbocycles. The fourth-order valence-corrected chi connectivity index (χ4v) is 2.51. The van der Waals surface area contributed by atoms with Crippen LogP contribution in [0.3, 0.4) is 0 Å². The minimum Gasteiger partial charge on any atom is -0.166 e. The standard InChI is InChI=1S/C16H13F3S/c1-12(20-11-13-5-3-2-4-6-13)14-7-9-15(10-8-14)16(17,18)19/h2-10H,1,11H2. The molecule has 0 nitrogen and oxygen atoms in total. The third-order valence-corrected chi connectivity index (χ3v) is 3.85. The molecular formula is C16H13F3S. The Hall–Kier alpha value is -1.68. The molecular weight excluding hydrogens is 281 g/mol. The van der Waals surface area contributed by atoms with E-state index >= 15 is 0 Å². The molecule has 0 aliphatic heterocycles. The van der Waals surface area contributed by atoms with E-state index < -0.39 is 11.7 Å². The Morgan fingerprint density at radius 2 is 1.55 bits per heavy atom. The van der Waals surface area contributed by atoms with Crippen LogP contribution in [0.4, 0.5) is 13.2 Å². The van der Waals surface area contributed by atoms with Crippen LogP contribution in [0.15, 0.2) is 61.2 Å². The van der Waals surface area contributed by atoms with Crippen molar-refractivity contribution in [3.05, 3.63) is 77.9 Å². The minimum atomic E-state index is -4.29. The SMILES string of the molecule is C=C(SCc1ccccc1)c1ccc(C(F)(F)F)cc1. The van der Waals surface area contributed by atoms with Gasteiger partial charge in [-0.2, -0.15) is 13.2 Å². The fourth-order valence-electron chi connectivity index (χ4n) is 1.67. The van der Waals surface area contributed by atoms with Gasteiger partial charge >= 0.3 is 6.18 Å². The van der Waals surface area contributed by atoms with Crippen molar-refractivity contribution in [3.8, 4) is 0 Å². The van der Waals surface area contributed by atoms with Gasteiger partial charge in [-0.3, -0.25) is 0 Å². The predicted molar refractivity (Wildman–Crippen MR) is 78.2 cm³/mol. The maximum atomic E-state index is 12.5. The summed E-state index contributed by atoms with van der Waals surface area (Å²) in [6, 6.07) is 15.0. The molecule has 0 saturated carbocycles. The quantitative estimate of drug-likeness (QED) is 0.706. The lowest BCUT2D eigenvalue weighted by Gasteiger charge is -2.09. The Bertz CT molecular complexity index is 571. The molecule has 0 unspecified atom stereocenters. The van der Waals surface area contributed by atoms with E-state index in [4.69, 9.17) is 0 Å². The van der Waals surface area contributed by atoms with Crippen molar-refractivity contribution in [1.29, 1.82) is 0 Å². The van der Waals surface area contributed by atoms with Crippen LogP contribution in [-0.4, -0.2) is 0 Å². The van der Waals surface area contributed by atoms with E-state index in [9.17, 15) is 13.2 Å². The summed E-state index contributed by atoms with van der Waals surface area (Å²) in [5, 5.41) is 0. The van der Waals surface area contributed by atoms with Gasteiger partial charge in [0.1, 0.15) is 0 Å². The Morgan fingerprint density at radius 1 is 0.950 bits per heavy atom. The second kappa shape index (κ2) is 6.18. The maximum Gasteiger partial charge on any atom is 0.416 e. The van der Waals surface area contributed by atoms with Crippen LogP contribution in [-0.2, 0) is 11.9 Å². The normalized spacial score (nSPS) is 11.3. The zero-order valence-electron chi connectivity index (χ0n) is 10.7. The first-order valence-electron chi connectivity index (χ1n) is 6.00. The van der Waals surface area contributed by atoms with E-state index in [1.807, 2.05) is 30.3 Å². The number of hydrogen-bond donors (Lipinski definition) is 0. The van der Waals surface area contributed by atoms with E-state index in [0.29, 0.717) is 0 Å². The molecule has 104 valence electrons. The highest BCUT2D eigenvalue weighted by atomic mass is 32.2. The molecule has 0 N–H and O–H groups in total. The molecule has 2 rings (SSSR count). The molecule has 4 heteroatoms. The highest BCUT2D eigenvalue weighted by molar-refractivity contribution is 8.07. The summed E-state index contributed by atoms with van der Waals surface area (Å²) >= 11 is 1.52. The summed E-state index contributed by atoms with van der Waals surface area (Å²) in [6.07, 6.45) is -4.29. The fraction of sp³-hybridized carbons (Fsp3) is 0.125. The Kier molecular flexibility index (Phi) is 4.55. The molecule has 0 saturated heterocycles. The van der Waals surface area contributed by atoms with Gasteiger partial charge in [-0.1, -0.05) is 49.0 Å². The number of benzene rings is 2. The van der Waals surface area contributed by atoms with Crippen LogP contribution in [0, 0.1) is 0 Å². The van der Waals surface area contributed by atoms with Crippen molar-refractivity contribution in [1.82, 2.24) is 0 Å². The molecule has 2 aromatic carbocycles. The molecule has 0 radical (unpaired) electrons. The van der Waals surface area contributed by atoms with Crippen LogP contribution in [0.5, 0.6) is 0 Å². The van der Waals surface area contributed by atoms with Gasteiger partial charge in [-0.25, -0.2) is 0 Å². The number of halogens is 3. The van der Waals surface area contributed by atoms with Gasteiger partial charge in [0.2, 0.25) is 0 Å². The van der Waals surface area contributed by atoms with Gasteiger partial charge in [0.05, 0.1) is 5.56 Å². The van der Waals surface area contributed by atoms with E-state index in [1.54, 1.807) is 0 Å². The first-order valence-corrected chi connectivity index (χ1v) is 6.98. The summed E-state index contributed by atoms with van der Waals surface area (Å²) in [5.41, 5.74) is 1.24. The first kappa shape index (κ1) is 14.7. The highest BCUT2D eigenvalue weighted by Gasteiger charge is 2.29. The molecule has 0 heterocycles. The van der Waals surface area contributed by atoms with Crippen molar-refractivity contribution in [2.75, 3.05) is 0 Å². The van der Waals surface area contributed by atoms with Gasteiger partial charge in [-0.05, 0) is 23.3 Å². The average molecular weight is 294 g/mol. The van der Waals surface area contributed by atoms with Gasteiger partial charge < -0.3 is 0 Å². The smallest absolute Gasteiger partial charge is 0.166 e. The molecule has 0 aromatic heterocycles. The third-order valence-electron chi connectivity index (χ3n) is 2.79. The molecule has 0 atom stereocenters. The summed E-state index contributed by atoms with van der Waals surface area (Å²) in [7, 11) is 0. The summed E-state index contributed by atoms with van der Waals surface area (Å²) in [6.45, 7) is 3.91. The van der Waals surface area contributed by atoms with Crippen molar-refractivity contribution in [2.45, 2.75) is 11.9 Å². The molecule has 0 fully saturated rings. The average Bonchev–Trinajstić information content (AvgIpc) is 2.45. The van der Waals surface area contributed by atoms with Crippen LogP contribution < -0.4 is 0 Å². The van der Waals surface area contributed by atoms with Crippen LogP contribution >= 0.6 is 11.8 Å². The second-order valence-corrected chi connectivity index (χ2v) is 5.34. The van der Waals surface area contributed by atoms with Crippen molar-refractivity contribution >= 4 is 16.7 Å². The molecule has 2 aromatic rings. The second-order valence-electron chi connectivity index (χ2n) is 4.27. The number of rotatable bonds is 4. The Morgan fingerprint density at radius 3 is 2.10 bits per heavy atom. The third kappa shape index (κ3) is 3.90. The zero-order chi connectivity index (χ0) is 14.6. The summed E-state index contributed by atoms with van der Waals surface area (Å²) in [4.78, 5) is 0.766. The molecule has 0 amide bonds. The lowest BCUT2D eigenvalue weighted by molar-refractivity contribution is -0.137. The predicted octanol–water partition coefficient (Wildman–Crippen LogP) is 5.61. The molecule has 0 bridgehead atoms. The largest absolute Gasteiger partial charge is 0.416 e. The van der Waals surface area contributed by atoms with Crippen LogP contribution in [0.2, 0.25) is 0 Å². The van der Waals surface area contributed by atoms with E-state index in [0.717, 1.165) is 33.9 Å². The Balaban J connectivity index is 1.99. The van der Waals surface area contributed by atoms with E-state index in [-0.39, 0.29) is 0 Å². The highest BCUT2D eigenvalue weighted by Crippen LogP contribution is 2.32. The number of hydrogen-bond acceptors (Lipinski definition) is 1. The van der Waals surface area contributed by atoms with E-state index in [2.05, 4.69) is 6.58 Å². The minimum absolute atomic E-state index is 0.637.